The van der Waals surface area contributed by atoms with Gasteiger partial charge in [0.25, 0.3) is 0 Å². The molecule has 0 aliphatic rings. The average molecular weight is 367 g/mol. The Bertz CT molecular complexity index is 1050. The highest BCUT2D eigenvalue weighted by atomic mass is 35.5. The Labute approximate surface area is 155 Å². The molecule has 4 rings (SSSR count). The standard InChI is InChI=1S/C19H15ClN4O2/c1-25-18-7-5-14(10-22-18)16-11-21-17-6-8-19(23-24(16)17)26-12-13-3-2-4-15(20)9-13/h2-11H,12H2,1H3. The Hall–Kier alpha value is -3.12. The number of pyridine rings is 1. The average Bonchev–Trinajstić information content (AvgIpc) is 3.10. The van der Waals surface area contributed by atoms with Crippen LogP contribution in [0.1, 0.15) is 5.56 Å². The maximum Gasteiger partial charge on any atom is 0.232 e. The molecule has 0 unspecified atom stereocenters. The summed E-state index contributed by atoms with van der Waals surface area (Å²) < 4.78 is 12.6. The number of ether oxygens (including phenoxy) is 2. The molecule has 0 aliphatic heterocycles. The highest BCUT2D eigenvalue weighted by molar-refractivity contribution is 6.30. The van der Waals surface area contributed by atoms with Crippen molar-refractivity contribution in [1.29, 1.82) is 0 Å². The van der Waals surface area contributed by atoms with Gasteiger partial charge in [-0.25, -0.2) is 14.5 Å². The first-order valence-electron chi connectivity index (χ1n) is 7.95. The van der Waals surface area contributed by atoms with Gasteiger partial charge in [-0.2, -0.15) is 0 Å². The first-order chi connectivity index (χ1) is 12.7. The Morgan fingerprint density at radius 2 is 1.88 bits per heavy atom. The molecule has 1 aromatic carbocycles. The molecule has 3 heterocycles. The fraction of sp³-hybridized carbons (Fsp3) is 0.105. The van der Waals surface area contributed by atoms with Gasteiger partial charge < -0.3 is 9.47 Å². The van der Waals surface area contributed by atoms with E-state index in [0.29, 0.717) is 23.4 Å². The monoisotopic (exact) mass is 366 g/mol. The van der Waals surface area contributed by atoms with Crippen LogP contribution in [0.2, 0.25) is 5.02 Å². The predicted octanol–water partition coefficient (Wildman–Crippen LogP) is 4.03. The van der Waals surface area contributed by atoms with Crippen LogP contribution in [0, 0.1) is 0 Å². The highest BCUT2D eigenvalue weighted by Crippen LogP contribution is 2.22. The molecule has 4 aromatic rings. The molecular formula is C19H15ClN4O2. The Kier molecular flexibility index (Phi) is 4.41. The van der Waals surface area contributed by atoms with E-state index in [0.717, 1.165) is 22.5 Å². The highest BCUT2D eigenvalue weighted by Gasteiger charge is 2.09. The summed E-state index contributed by atoms with van der Waals surface area (Å²) in [7, 11) is 1.58. The van der Waals surface area contributed by atoms with Crippen molar-refractivity contribution >= 4 is 17.2 Å². The lowest BCUT2D eigenvalue weighted by Gasteiger charge is -2.07. The lowest BCUT2D eigenvalue weighted by molar-refractivity contribution is 0.289. The van der Waals surface area contributed by atoms with Gasteiger partial charge in [0.15, 0.2) is 5.65 Å². The zero-order valence-corrected chi connectivity index (χ0v) is 14.7. The Balaban J connectivity index is 1.61. The van der Waals surface area contributed by atoms with Crippen LogP contribution in [0.4, 0.5) is 0 Å². The molecule has 0 saturated heterocycles. The number of benzene rings is 1. The van der Waals surface area contributed by atoms with Gasteiger partial charge in [0.1, 0.15) is 6.61 Å². The number of hydrogen-bond acceptors (Lipinski definition) is 5. The van der Waals surface area contributed by atoms with Crippen LogP contribution >= 0.6 is 11.6 Å². The Morgan fingerprint density at radius 3 is 2.65 bits per heavy atom. The topological polar surface area (TPSA) is 61.5 Å². The summed E-state index contributed by atoms with van der Waals surface area (Å²) >= 11 is 6.00. The lowest BCUT2D eigenvalue weighted by atomic mass is 10.2. The zero-order chi connectivity index (χ0) is 17.9. The predicted molar refractivity (Wildman–Crippen MR) is 98.6 cm³/mol. The third-order valence-electron chi connectivity index (χ3n) is 3.85. The van der Waals surface area contributed by atoms with Crippen molar-refractivity contribution in [2.75, 3.05) is 7.11 Å². The van der Waals surface area contributed by atoms with Gasteiger partial charge in [-0.1, -0.05) is 23.7 Å². The van der Waals surface area contributed by atoms with Crippen LogP contribution in [-0.2, 0) is 6.61 Å². The molecule has 130 valence electrons. The number of halogens is 1. The van der Waals surface area contributed by atoms with E-state index in [1.54, 1.807) is 36.2 Å². The van der Waals surface area contributed by atoms with E-state index in [1.807, 2.05) is 36.4 Å². The van der Waals surface area contributed by atoms with Gasteiger partial charge in [-0.3, -0.25) is 0 Å². The molecule has 7 heteroatoms. The molecule has 0 amide bonds. The molecule has 0 spiro atoms. The number of imidazole rings is 1. The van der Waals surface area contributed by atoms with Gasteiger partial charge >= 0.3 is 0 Å². The van der Waals surface area contributed by atoms with Crippen LogP contribution in [0.25, 0.3) is 16.9 Å². The van der Waals surface area contributed by atoms with E-state index in [1.165, 1.54) is 0 Å². The molecule has 0 radical (unpaired) electrons. The van der Waals surface area contributed by atoms with Gasteiger partial charge in [0.2, 0.25) is 11.8 Å². The summed E-state index contributed by atoms with van der Waals surface area (Å²) in [6.07, 6.45) is 3.48. The molecule has 26 heavy (non-hydrogen) atoms. The molecule has 3 aromatic heterocycles. The van der Waals surface area contributed by atoms with Crippen LogP contribution < -0.4 is 9.47 Å². The molecule has 0 atom stereocenters. The number of rotatable bonds is 5. The third-order valence-corrected chi connectivity index (χ3v) is 4.09. The molecule has 0 aliphatic carbocycles. The lowest BCUT2D eigenvalue weighted by Crippen LogP contribution is -2.01. The zero-order valence-electron chi connectivity index (χ0n) is 14.0. The minimum absolute atomic E-state index is 0.382. The van der Waals surface area contributed by atoms with Gasteiger partial charge in [0, 0.05) is 28.9 Å². The van der Waals surface area contributed by atoms with Crippen molar-refractivity contribution in [2.24, 2.45) is 0 Å². The summed E-state index contributed by atoms with van der Waals surface area (Å²) in [5.74, 6) is 1.05. The van der Waals surface area contributed by atoms with E-state index in [4.69, 9.17) is 21.1 Å². The van der Waals surface area contributed by atoms with Crippen LogP contribution in [0.15, 0.2) is 60.9 Å². The number of fused-ring (bicyclic) bond motifs is 1. The van der Waals surface area contributed by atoms with Crippen molar-refractivity contribution in [3.8, 4) is 23.0 Å². The van der Waals surface area contributed by atoms with E-state index in [9.17, 15) is 0 Å². The summed E-state index contributed by atoms with van der Waals surface area (Å²) in [5, 5.41) is 5.21. The van der Waals surface area contributed by atoms with Crippen molar-refractivity contribution in [3.05, 3.63) is 71.5 Å². The second-order valence-corrected chi connectivity index (χ2v) is 6.03. The summed E-state index contributed by atoms with van der Waals surface area (Å²) in [6.45, 7) is 0.382. The van der Waals surface area contributed by atoms with Gasteiger partial charge in [-0.15, -0.1) is 5.10 Å². The SMILES string of the molecule is COc1ccc(-c2cnc3ccc(OCc4cccc(Cl)c4)nn23)cn1. The van der Waals surface area contributed by atoms with Crippen LogP contribution in [0.3, 0.4) is 0 Å². The molecule has 0 saturated carbocycles. The van der Waals surface area contributed by atoms with Crippen molar-refractivity contribution in [2.45, 2.75) is 6.61 Å². The number of aromatic nitrogens is 4. The van der Waals surface area contributed by atoms with Gasteiger partial charge in [-0.05, 0) is 29.8 Å². The maximum atomic E-state index is 6.00. The third kappa shape index (κ3) is 3.32. The largest absolute Gasteiger partial charge is 0.481 e. The van der Waals surface area contributed by atoms with E-state index < -0.39 is 0 Å². The van der Waals surface area contributed by atoms with Crippen LogP contribution in [-0.4, -0.2) is 26.7 Å². The molecule has 0 fully saturated rings. The minimum atomic E-state index is 0.382. The first-order valence-corrected chi connectivity index (χ1v) is 8.33. The van der Waals surface area contributed by atoms with E-state index >= 15 is 0 Å². The molecule has 0 bridgehead atoms. The van der Waals surface area contributed by atoms with Crippen molar-refractivity contribution in [3.63, 3.8) is 0 Å². The van der Waals surface area contributed by atoms with Crippen LogP contribution in [0.5, 0.6) is 11.8 Å². The quantitative estimate of drug-likeness (QED) is 0.533. The van der Waals surface area contributed by atoms with Crippen molar-refractivity contribution in [1.82, 2.24) is 19.6 Å². The summed E-state index contributed by atoms with van der Waals surface area (Å²) in [5.41, 5.74) is 3.41. The summed E-state index contributed by atoms with van der Waals surface area (Å²) in [6, 6.07) is 14.9. The first kappa shape index (κ1) is 16.4. The molecule has 0 N–H and O–H groups in total. The second-order valence-electron chi connectivity index (χ2n) is 5.59. The number of hydrogen-bond donors (Lipinski definition) is 0. The van der Waals surface area contributed by atoms with Crippen molar-refractivity contribution < 1.29 is 9.47 Å². The normalized spacial score (nSPS) is 10.8. The number of methoxy groups -OCH3 is 1. The second kappa shape index (κ2) is 7.01. The van der Waals surface area contributed by atoms with Gasteiger partial charge in [0.05, 0.1) is 19.0 Å². The molecule has 6 nitrogen and oxygen atoms in total. The fourth-order valence-electron chi connectivity index (χ4n) is 2.57. The maximum absolute atomic E-state index is 6.00. The molecular weight excluding hydrogens is 352 g/mol. The summed E-state index contributed by atoms with van der Waals surface area (Å²) in [4.78, 5) is 8.61. The fourth-order valence-corrected chi connectivity index (χ4v) is 2.78. The minimum Gasteiger partial charge on any atom is -0.481 e. The van der Waals surface area contributed by atoms with E-state index in [2.05, 4.69) is 15.1 Å². The Morgan fingerprint density at radius 1 is 1.00 bits per heavy atom. The van der Waals surface area contributed by atoms with E-state index in [-0.39, 0.29) is 0 Å². The smallest absolute Gasteiger partial charge is 0.232 e. The number of nitrogens with zero attached hydrogens (tertiary/aromatic N) is 4.